The van der Waals surface area contributed by atoms with Crippen molar-refractivity contribution >= 4 is 17.9 Å². The van der Waals surface area contributed by atoms with Crippen molar-refractivity contribution in [2.24, 2.45) is 0 Å². The lowest BCUT2D eigenvalue weighted by atomic mass is 10.1. The molecule has 0 N–H and O–H groups in total. The van der Waals surface area contributed by atoms with E-state index < -0.39 is 6.10 Å². The fourth-order valence-corrected chi connectivity index (χ4v) is 6.55. The molecular formula is C56H92O6. The second-order valence-electron chi connectivity index (χ2n) is 16.4. The van der Waals surface area contributed by atoms with Crippen molar-refractivity contribution in [1.29, 1.82) is 0 Å². The van der Waals surface area contributed by atoms with Crippen LogP contribution in [0.2, 0.25) is 0 Å². The molecule has 0 saturated carbocycles. The Kier molecular flexibility index (Phi) is 47.0. The Morgan fingerprint density at radius 2 is 0.710 bits per heavy atom. The van der Waals surface area contributed by atoms with Gasteiger partial charge in [-0.2, -0.15) is 0 Å². The maximum absolute atomic E-state index is 12.7. The summed E-state index contributed by atoms with van der Waals surface area (Å²) in [5.74, 6) is -1.03. The number of carbonyl (C=O) groups excluding carboxylic acids is 3. The van der Waals surface area contributed by atoms with E-state index in [0.29, 0.717) is 19.3 Å². The van der Waals surface area contributed by atoms with Gasteiger partial charge in [-0.15, -0.1) is 0 Å². The molecule has 0 radical (unpaired) electrons. The zero-order valence-corrected chi connectivity index (χ0v) is 40.1. The van der Waals surface area contributed by atoms with Gasteiger partial charge >= 0.3 is 17.9 Å². The first-order valence-corrected chi connectivity index (χ1v) is 25.3. The Labute approximate surface area is 381 Å². The van der Waals surface area contributed by atoms with Crippen molar-refractivity contribution in [2.75, 3.05) is 13.2 Å². The van der Waals surface area contributed by atoms with E-state index in [0.717, 1.165) is 96.3 Å². The van der Waals surface area contributed by atoms with Gasteiger partial charge in [0.2, 0.25) is 0 Å². The molecule has 0 amide bonds. The predicted molar refractivity (Wildman–Crippen MR) is 265 cm³/mol. The van der Waals surface area contributed by atoms with Crippen molar-refractivity contribution in [3.8, 4) is 0 Å². The quantitative estimate of drug-likeness (QED) is 0.0200. The van der Waals surface area contributed by atoms with E-state index in [1.807, 2.05) is 0 Å². The monoisotopic (exact) mass is 861 g/mol. The highest BCUT2D eigenvalue weighted by atomic mass is 16.6. The molecule has 0 aliphatic heterocycles. The van der Waals surface area contributed by atoms with Crippen molar-refractivity contribution in [2.45, 2.75) is 226 Å². The van der Waals surface area contributed by atoms with E-state index in [1.54, 1.807) is 0 Å². The van der Waals surface area contributed by atoms with Crippen LogP contribution in [0.25, 0.3) is 0 Å². The number of carbonyl (C=O) groups is 3. The van der Waals surface area contributed by atoms with Gasteiger partial charge < -0.3 is 14.2 Å². The molecule has 6 nitrogen and oxygen atoms in total. The molecule has 0 aliphatic carbocycles. The van der Waals surface area contributed by atoms with Crippen LogP contribution in [-0.2, 0) is 28.6 Å². The first-order chi connectivity index (χ1) is 30.5. The molecule has 0 heterocycles. The Balaban J connectivity index is 4.49. The fraction of sp³-hybridized carbons (Fsp3) is 0.661. The van der Waals surface area contributed by atoms with E-state index in [2.05, 4.69) is 118 Å². The average Bonchev–Trinajstić information content (AvgIpc) is 3.27. The third-order valence-electron chi connectivity index (χ3n) is 10.4. The van der Waals surface area contributed by atoms with Crippen LogP contribution in [0.1, 0.15) is 220 Å². The molecule has 0 rings (SSSR count). The van der Waals surface area contributed by atoms with Crippen molar-refractivity contribution < 1.29 is 28.6 Å². The smallest absolute Gasteiger partial charge is 0.306 e. The van der Waals surface area contributed by atoms with Crippen LogP contribution < -0.4 is 0 Å². The summed E-state index contributed by atoms with van der Waals surface area (Å²) in [6.45, 7) is 6.38. The molecular weight excluding hydrogens is 769 g/mol. The number of esters is 3. The van der Waals surface area contributed by atoms with Crippen LogP contribution in [0.4, 0.5) is 0 Å². The summed E-state index contributed by atoms with van der Waals surface area (Å²) in [5, 5.41) is 0. The molecule has 0 saturated heterocycles. The highest BCUT2D eigenvalue weighted by Crippen LogP contribution is 2.12. The molecule has 0 aromatic rings. The van der Waals surface area contributed by atoms with Gasteiger partial charge in [0.05, 0.1) is 0 Å². The predicted octanol–water partition coefficient (Wildman–Crippen LogP) is 16.6. The number of rotatable bonds is 44. The lowest BCUT2D eigenvalue weighted by Gasteiger charge is -2.18. The number of hydrogen-bond acceptors (Lipinski definition) is 6. The first-order valence-electron chi connectivity index (χ1n) is 25.3. The van der Waals surface area contributed by atoms with Gasteiger partial charge in [0.15, 0.2) is 6.10 Å². The zero-order valence-electron chi connectivity index (χ0n) is 40.1. The van der Waals surface area contributed by atoms with Crippen LogP contribution in [0.15, 0.2) is 97.2 Å². The molecule has 62 heavy (non-hydrogen) atoms. The summed E-state index contributed by atoms with van der Waals surface area (Å²) in [7, 11) is 0. The van der Waals surface area contributed by atoms with Gasteiger partial charge in [-0.3, -0.25) is 14.4 Å². The second-order valence-corrected chi connectivity index (χ2v) is 16.4. The third kappa shape index (κ3) is 47.4. The van der Waals surface area contributed by atoms with E-state index in [1.165, 1.54) is 77.0 Å². The number of ether oxygens (including phenoxy) is 3. The molecule has 0 spiro atoms. The number of allylic oxidation sites excluding steroid dienone is 16. The molecule has 1 atom stereocenters. The Bertz CT molecular complexity index is 1260. The van der Waals surface area contributed by atoms with Gasteiger partial charge in [-0.1, -0.05) is 195 Å². The highest BCUT2D eigenvalue weighted by Gasteiger charge is 2.19. The van der Waals surface area contributed by atoms with Crippen LogP contribution >= 0.6 is 0 Å². The van der Waals surface area contributed by atoms with Gasteiger partial charge in [0.1, 0.15) is 13.2 Å². The lowest BCUT2D eigenvalue weighted by molar-refractivity contribution is -0.167. The molecule has 0 aliphatic rings. The van der Waals surface area contributed by atoms with Crippen molar-refractivity contribution in [1.82, 2.24) is 0 Å². The van der Waals surface area contributed by atoms with E-state index in [4.69, 9.17) is 14.2 Å². The van der Waals surface area contributed by atoms with Crippen molar-refractivity contribution in [3.05, 3.63) is 97.2 Å². The van der Waals surface area contributed by atoms with E-state index in [9.17, 15) is 14.4 Å². The highest BCUT2D eigenvalue weighted by molar-refractivity contribution is 5.71. The van der Waals surface area contributed by atoms with Crippen LogP contribution in [-0.4, -0.2) is 37.2 Å². The summed E-state index contributed by atoms with van der Waals surface area (Å²) in [5.41, 5.74) is 0. The molecule has 0 aromatic heterocycles. The normalized spacial score (nSPS) is 12.9. The van der Waals surface area contributed by atoms with Crippen LogP contribution in [0.3, 0.4) is 0 Å². The minimum atomic E-state index is -0.825. The van der Waals surface area contributed by atoms with Gasteiger partial charge in [-0.05, 0) is 103 Å². The first kappa shape index (κ1) is 58.3. The fourth-order valence-electron chi connectivity index (χ4n) is 6.55. The van der Waals surface area contributed by atoms with Crippen molar-refractivity contribution in [3.63, 3.8) is 0 Å². The molecule has 0 fully saturated rings. The Morgan fingerprint density at radius 1 is 0.355 bits per heavy atom. The molecule has 0 aromatic carbocycles. The summed E-state index contributed by atoms with van der Waals surface area (Å²) in [6.07, 6.45) is 65.5. The molecule has 0 bridgehead atoms. The summed E-state index contributed by atoms with van der Waals surface area (Å²) in [4.78, 5) is 37.8. The van der Waals surface area contributed by atoms with Gasteiger partial charge in [0.25, 0.3) is 0 Å². The molecule has 1 unspecified atom stereocenters. The summed E-state index contributed by atoms with van der Waals surface area (Å²) < 4.78 is 16.6. The van der Waals surface area contributed by atoms with E-state index >= 15 is 0 Å². The van der Waals surface area contributed by atoms with Crippen LogP contribution in [0.5, 0.6) is 0 Å². The minimum Gasteiger partial charge on any atom is -0.462 e. The van der Waals surface area contributed by atoms with Gasteiger partial charge in [0, 0.05) is 19.3 Å². The standard InChI is InChI=1S/C56H92O6/c1-4-7-10-13-16-19-21-23-25-27-29-30-32-34-37-40-43-46-49-55(58)61-52-53(51-60-54(57)48-45-42-39-36-18-15-12-9-6-3)62-56(59)50-47-44-41-38-35-33-31-28-26-24-22-20-17-14-11-8-5-2/h9,12,18,21,23-27,29-31,33,36,38,41,53H,4-8,10-11,13-17,19-20,22,28,32,34-35,37,39-40,42-52H2,1-3H3/b12-9-,23-21-,26-24-,27-25-,30-29-,33-31-,36-18-,41-38-. The lowest BCUT2D eigenvalue weighted by Crippen LogP contribution is -2.30. The number of unbranched alkanes of at least 4 members (excludes halogenated alkanes) is 19. The average molecular weight is 861 g/mol. The maximum Gasteiger partial charge on any atom is 0.306 e. The van der Waals surface area contributed by atoms with Gasteiger partial charge in [-0.25, -0.2) is 0 Å². The van der Waals surface area contributed by atoms with E-state index in [-0.39, 0.29) is 37.5 Å². The number of hydrogen-bond donors (Lipinski definition) is 0. The summed E-state index contributed by atoms with van der Waals surface area (Å²) in [6, 6.07) is 0. The SMILES string of the molecule is CC/C=C\C/C=C\CCCCC(=O)OCC(COC(=O)CCCCCCC\C=C/C=C\C=C/CCCCCCC)OC(=O)CCC/C=C\C/C=C\C/C=C\CCCCCCCC. The van der Waals surface area contributed by atoms with Crippen LogP contribution in [0, 0.1) is 0 Å². The Hall–Kier alpha value is -3.67. The molecule has 352 valence electrons. The topological polar surface area (TPSA) is 78.9 Å². The summed E-state index contributed by atoms with van der Waals surface area (Å²) >= 11 is 0. The largest absolute Gasteiger partial charge is 0.462 e. The Morgan fingerprint density at radius 3 is 1.19 bits per heavy atom. The maximum atomic E-state index is 12.7. The molecule has 6 heteroatoms. The second kappa shape index (κ2) is 50.0. The zero-order chi connectivity index (χ0) is 45.1. The minimum absolute atomic E-state index is 0.120. The third-order valence-corrected chi connectivity index (χ3v) is 10.4.